The fourth-order valence-corrected chi connectivity index (χ4v) is 4.05. The summed E-state index contributed by atoms with van der Waals surface area (Å²) >= 11 is 0. The first-order valence-electron chi connectivity index (χ1n) is 8.02. The van der Waals surface area contributed by atoms with E-state index >= 15 is 0 Å². The third kappa shape index (κ3) is 3.24. The molecule has 1 aromatic rings. The molecule has 0 aliphatic heterocycles. The van der Waals surface area contributed by atoms with Crippen LogP contribution in [0.2, 0.25) is 0 Å². The standard InChI is InChI=1S/C18H30N2O/c1-12-10-13(2)16(15(11-12)21-5)17(20-19)14-8-6-7-9-18(14,3)4/h10-11,14,17,20H,6-9,19H2,1-5H3. The molecule has 1 aliphatic rings. The monoisotopic (exact) mass is 290 g/mol. The van der Waals surface area contributed by atoms with Crippen LogP contribution in [0.15, 0.2) is 12.1 Å². The molecule has 0 spiro atoms. The number of hydrogen-bond donors (Lipinski definition) is 2. The molecule has 118 valence electrons. The van der Waals surface area contributed by atoms with Gasteiger partial charge in [0.25, 0.3) is 0 Å². The molecule has 0 amide bonds. The van der Waals surface area contributed by atoms with E-state index in [0.717, 1.165) is 5.75 Å². The van der Waals surface area contributed by atoms with Gasteiger partial charge in [0, 0.05) is 5.56 Å². The molecule has 3 nitrogen and oxygen atoms in total. The van der Waals surface area contributed by atoms with Crippen molar-refractivity contribution in [3.8, 4) is 5.75 Å². The second-order valence-electron chi connectivity index (χ2n) is 7.18. The molecular formula is C18H30N2O. The topological polar surface area (TPSA) is 47.3 Å². The maximum atomic E-state index is 5.98. The summed E-state index contributed by atoms with van der Waals surface area (Å²) in [5.41, 5.74) is 7.12. The van der Waals surface area contributed by atoms with Gasteiger partial charge in [-0.3, -0.25) is 11.3 Å². The Kier molecular flexibility index (Phi) is 4.95. The van der Waals surface area contributed by atoms with E-state index in [2.05, 4.69) is 45.3 Å². The average Bonchev–Trinajstić information content (AvgIpc) is 2.42. The summed E-state index contributed by atoms with van der Waals surface area (Å²) in [6.45, 7) is 9.01. The summed E-state index contributed by atoms with van der Waals surface area (Å²) in [6.07, 6.45) is 5.10. The number of hydrogen-bond acceptors (Lipinski definition) is 3. The zero-order valence-corrected chi connectivity index (χ0v) is 14.1. The lowest BCUT2D eigenvalue weighted by molar-refractivity contribution is 0.0969. The van der Waals surface area contributed by atoms with Gasteiger partial charge in [-0.1, -0.05) is 32.8 Å². The molecular weight excluding hydrogens is 260 g/mol. The highest BCUT2D eigenvalue weighted by Gasteiger charge is 2.39. The minimum Gasteiger partial charge on any atom is -0.496 e. The molecule has 1 aromatic carbocycles. The first kappa shape index (κ1) is 16.3. The van der Waals surface area contributed by atoms with Crippen LogP contribution in [0.5, 0.6) is 5.75 Å². The van der Waals surface area contributed by atoms with Gasteiger partial charge in [-0.05, 0) is 55.2 Å². The molecule has 0 radical (unpaired) electrons. The van der Waals surface area contributed by atoms with E-state index in [1.807, 2.05) is 0 Å². The Morgan fingerprint density at radius 2 is 2.00 bits per heavy atom. The number of methoxy groups -OCH3 is 1. The minimum atomic E-state index is 0.149. The first-order chi connectivity index (χ1) is 9.90. The maximum Gasteiger partial charge on any atom is 0.124 e. The van der Waals surface area contributed by atoms with E-state index in [0.29, 0.717) is 11.3 Å². The zero-order valence-electron chi connectivity index (χ0n) is 14.1. The molecule has 1 aliphatic carbocycles. The van der Waals surface area contributed by atoms with Gasteiger partial charge in [-0.2, -0.15) is 0 Å². The van der Waals surface area contributed by atoms with Gasteiger partial charge < -0.3 is 4.74 Å². The minimum absolute atomic E-state index is 0.149. The van der Waals surface area contributed by atoms with Crippen molar-refractivity contribution in [2.75, 3.05) is 7.11 Å². The summed E-state index contributed by atoms with van der Waals surface area (Å²) in [6, 6.07) is 4.48. The van der Waals surface area contributed by atoms with Crippen molar-refractivity contribution in [1.29, 1.82) is 0 Å². The van der Waals surface area contributed by atoms with Gasteiger partial charge in [-0.15, -0.1) is 0 Å². The Labute approximate surface area is 129 Å². The van der Waals surface area contributed by atoms with Gasteiger partial charge in [0.1, 0.15) is 5.75 Å². The highest BCUT2D eigenvalue weighted by molar-refractivity contribution is 5.45. The van der Waals surface area contributed by atoms with Crippen molar-refractivity contribution in [2.45, 2.75) is 59.4 Å². The van der Waals surface area contributed by atoms with Crippen LogP contribution in [-0.4, -0.2) is 7.11 Å². The van der Waals surface area contributed by atoms with Crippen LogP contribution >= 0.6 is 0 Å². The van der Waals surface area contributed by atoms with E-state index in [9.17, 15) is 0 Å². The normalized spacial score (nSPS) is 22.9. The molecule has 0 bridgehead atoms. The van der Waals surface area contributed by atoms with Gasteiger partial charge in [0.2, 0.25) is 0 Å². The number of rotatable bonds is 4. The number of nitrogens with two attached hydrogens (primary N) is 1. The smallest absolute Gasteiger partial charge is 0.124 e. The Morgan fingerprint density at radius 3 is 2.57 bits per heavy atom. The largest absolute Gasteiger partial charge is 0.496 e. The molecule has 2 unspecified atom stereocenters. The van der Waals surface area contributed by atoms with Crippen molar-refractivity contribution in [1.82, 2.24) is 5.43 Å². The van der Waals surface area contributed by atoms with Crippen LogP contribution < -0.4 is 16.0 Å². The van der Waals surface area contributed by atoms with E-state index in [-0.39, 0.29) is 6.04 Å². The maximum absolute atomic E-state index is 5.98. The molecule has 3 N–H and O–H groups in total. The summed E-state index contributed by atoms with van der Waals surface area (Å²) in [7, 11) is 1.75. The Balaban J connectivity index is 2.46. The molecule has 21 heavy (non-hydrogen) atoms. The highest BCUT2D eigenvalue weighted by Crippen LogP contribution is 2.48. The second-order valence-corrected chi connectivity index (χ2v) is 7.18. The van der Waals surface area contributed by atoms with Crippen LogP contribution in [0, 0.1) is 25.2 Å². The second kappa shape index (κ2) is 6.37. The third-order valence-corrected chi connectivity index (χ3v) is 5.20. The predicted octanol–water partition coefficient (Wildman–Crippen LogP) is 4.03. The number of hydrazine groups is 1. The molecule has 0 aromatic heterocycles. The van der Waals surface area contributed by atoms with Crippen LogP contribution in [0.25, 0.3) is 0 Å². The van der Waals surface area contributed by atoms with Crippen molar-refractivity contribution in [3.05, 3.63) is 28.8 Å². The van der Waals surface area contributed by atoms with Gasteiger partial charge in [0.15, 0.2) is 0 Å². The first-order valence-corrected chi connectivity index (χ1v) is 8.02. The Bertz CT molecular complexity index is 496. The van der Waals surface area contributed by atoms with E-state index < -0.39 is 0 Å². The van der Waals surface area contributed by atoms with E-state index in [1.165, 1.54) is 42.4 Å². The highest BCUT2D eigenvalue weighted by atomic mass is 16.5. The van der Waals surface area contributed by atoms with Gasteiger partial charge in [0.05, 0.1) is 13.2 Å². The van der Waals surface area contributed by atoms with Gasteiger partial charge in [-0.25, -0.2) is 0 Å². The number of aryl methyl sites for hydroxylation is 2. The Morgan fingerprint density at radius 1 is 1.29 bits per heavy atom. The quantitative estimate of drug-likeness (QED) is 0.650. The summed E-state index contributed by atoms with van der Waals surface area (Å²) in [5, 5.41) is 0. The molecule has 1 fully saturated rings. The van der Waals surface area contributed by atoms with Crippen LogP contribution in [-0.2, 0) is 0 Å². The fraction of sp³-hybridized carbons (Fsp3) is 0.667. The molecule has 0 heterocycles. The lowest BCUT2D eigenvalue weighted by atomic mass is 9.64. The van der Waals surface area contributed by atoms with Crippen molar-refractivity contribution < 1.29 is 4.74 Å². The number of benzene rings is 1. The molecule has 3 heteroatoms. The van der Waals surface area contributed by atoms with Crippen LogP contribution in [0.3, 0.4) is 0 Å². The SMILES string of the molecule is COc1cc(C)cc(C)c1C(NN)C1CCCCC1(C)C. The molecule has 0 saturated heterocycles. The molecule has 2 atom stereocenters. The number of nitrogens with one attached hydrogen (secondary N) is 1. The van der Waals surface area contributed by atoms with Crippen molar-refractivity contribution >= 4 is 0 Å². The molecule has 1 saturated carbocycles. The molecule has 2 rings (SSSR count). The third-order valence-electron chi connectivity index (χ3n) is 5.20. The summed E-state index contributed by atoms with van der Waals surface area (Å²) < 4.78 is 5.65. The lowest BCUT2D eigenvalue weighted by Gasteiger charge is -2.43. The fourth-order valence-electron chi connectivity index (χ4n) is 4.05. The van der Waals surface area contributed by atoms with Crippen molar-refractivity contribution in [2.24, 2.45) is 17.2 Å². The van der Waals surface area contributed by atoms with Crippen LogP contribution in [0.1, 0.15) is 62.3 Å². The number of ether oxygens (including phenoxy) is 1. The Hall–Kier alpha value is -1.06. The van der Waals surface area contributed by atoms with Crippen LogP contribution in [0.4, 0.5) is 0 Å². The van der Waals surface area contributed by atoms with E-state index in [4.69, 9.17) is 10.6 Å². The zero-order chi connectivity index (χ0) is 15.6. The van der Waals surface area contributed by atoms with E-state index in [1.54, 1.807) is 7.11 Å². The summed E-state index contributed by atoms with van der Waals surface area (Å²) in [5.74, 6) is 7.47. The lowest BCUT2D eigenvalue weighted by Crippen LogP contribution is -2.42. The van der Waals surface area contributed by atoms with Gasteiger partial charge >= 0.3 is 0 Å². The predicted molar refractivity (Wildman–Crippen MR) is 88.3 cm³/mol. The van der Waals surface area contributed by atoms with Crippen molar-refractivity contribution in [3.63, 3.8) is 0 Å². The summed E-state index contributed by atoms with van der Waals surface area (Å²) in [4.78, 5) is 0. The average molecular weight is 290 g/mol.